The molecule has 1 aromatic rings. The van der Waals surface area contributed by atoms with Crippen molar-refractivity contribution in [2.45, 2.75) is 45.1 Å². The van der Waals surface area contributed by atoms with Crippen molar-refractivity contribution in [3.8, 4) is 5.88 Å². The van der Waals surface area contributed by atoms with Crippen molar-refractivity contribution in [1.82, 2.24) is 10.1 Å². The van der Waals surface area contributed by atoms with Crippen LogP contribution in [0.1, 0.15) is 37.9 Å². The van der Waals surface area contributed by atoms with Crippen LogP contribution >= 0.6 is 0 Å². The molecule has 1 unspecified atom stereocenters. The van der Waals surface area contributed by atoms with Gasteiger partial charge in [-0.2, -0.15) is 0 Å². The number of carboxylic acid groups (broad SMARTS) is 1. The second-order valence-corrected chi connectivity index (χ2v) is 5.23. The van der Waals surface area contributed by atoms with Gasteiger partial charge in [0.15, 0.2) is 6.61 Å². The molecular formula is C14H20N2O5. The number of hydrogen-bond donors (Lipinski definition) is 1. The van der Waals surface area contributed by atoms with Crippen molar-refractivity contribution in [3.63, 3.8) is 0 Å². The van der Waals surface area contributed by atoms with Crippen LogP contribution in [-0.4, -0.2) is 46.2 Å². The highest BCUT2D eigenvalue weighted by atomic mass is 16.5. The Morgan fingerprint density at radius 2 is 2.33 bits per heavy atom. The molecule has 0 bridgehead atoms. The maximum Gasteiger partial charge on any atom is 0.303 e. The van der Waals surface area contributed by atoms with Gasteiger partial charge in [-0.05, 0) is 37.8 Å². The minimum atomic E-state index is -0.831. The highest BCUT2D eigenvalue weighted by Gasteiger charge is 2.27. The number of ether oxygens (including phenoxy) is 1. The van der Waals surface area contributed by atoms with E-state index < -0.39 is 5.97 Å². The van der Waals surface area contributed by atoms with Gasteiger partial charge >= 0.3 is 5.97 Å². The molecule has 1 amide bonds. The molecule has 1 aliphatic heterocycles. The summed E-state index contributed by atoms with van der Waals surface area (Å²) in [5.74, 6) is -0.0530. The molecule has 0 aromatic carbocycles. The van der Waals surface area contributed by atoms with Crippen LogP contribution in [0.4, 0.5) is 0 Å². The van der Waals surface area contributed by atoms with Gasteiger partial charge in [-0.3, -0.25) is 9.59 Å². The van der Waals surface area contributed by atoms with Gasteiger partial charge in [0.1, 0.15) is 5.76 Å². The monoisotopic (exact) mass is 296 g/mol. The summed E-state index contributed by atoms with van der Waals surface area (Å²) in [5.41, 5.74) is 0. The Morgan fingerprint density at radius 3 is 3.00 bits per heavy atom. The Morgan fingerprint density at radius 1 is 1.52 bits per heavy atom. The molecule has 1 fully saturated rings. The van der Waals surface area contributed by atoms with E-state index in [4.69, 9.17) is 14.4 Å². The van der Waals surface area contributed by atoms with Gasteiger partial charge in [-0.15, -0.1) is 0 Å². The van der Waals surface area contributed by atoms with Crippen molar-refractivity contribution in [2.75, 3.05) is 13.2 Å². The fourth-order valence-corrected chi connectivity index (χ4v) is 2.55. The Hall–Kier alpha value is -2.05. The molecule has 0 radical (unpaired) electrons. The third-order valence-electron chi connectivity index (χ3n) is 3.59. The smallest absolute Gasteiger partial charge is 0.303 e. The molecular weight excluding hydrogens is 276 g/mol. The fourth-order valence-electron chi connectivity index (χ4n) is 2.55. The first kappa shape index (κ1) is 15.3. The average molecular weight is 296 g/mol. The normalized spacial score (nSPS) is 18.5. The molecule has 0 aliphatic carbocycles. The lowest BCUT2D eigenvalue weighted by Gasteiger charge is -2.35. The van der Waals surface area contributed by atoms with Crippen LogP contribution in [0.2, 0.25) is 0 Å². The van der Waals surface area contributed by atoms with Gasteiger partial charge < -0.3 is 19.3 Å². The molecule has 116 valence electrons. The van der Waals surface area contributed by atoms with Crippen LogP contribution in [-0.2, 0) is 9.59 Å². The molecule has 1 aliphatic rings. The summed E-state index contributed by atoms with van der Waals surface area (Å²) in [5, 5.41) is 12.4. The number of likely N-dealkylation sites (tertiary alicyclic amines) is 1. The molecule has 0 saturated carbocycles. The van der Waals surface area contributed by atoms with E-state index in [1.54, 1.807) is 17.9 Å². The number of aliphatic carboxylic acids is 1. The van der Waals surface area contributed by atoms with Crippen LogP contribution in [0.15, 0.2) is 10.6 Å². The molecule has 1 atom stereocenters. The van der Waals surface area contributed by atoms with E-state index >= 15 is 0 Å². The maximum atomic E-state index is 12.2. The number of amides is 1. The van der Waals surface area contributed by atoms with Gasteiger partial charge in [0.2, 0.25) is 0 Å². The molecule has 7 nitrogen and oxygen atoms in total. The highest BCUT2D eigenvalue weighted by Crippen LogP contribution is 2.21. The lowest BCUT2D eigenvalue weighted by molar-refractivity contribution is -0.141. The summed E-state index contributed by atoms with van der Waals surface area (Å²) in [6, 6.07) is 1.61. The van der Waals surface area contributed by atoms with Gasteiger partial charge in [-0.25, -0.2) is 0 Å². The third-order valence-corrected chi connectivity index (χ3v) is 3.59. The van der Waals surface area contributed by atoms with Gasteiger partial charge in [0.25, 0.3) is 11.8 Å². The first-order chi connectivity index (χ1) is 10.1. The zero-order chi connectivity index (χ0) is 15.2. The Balaban J connectivity index is 1.87. The number of nitrogens with zero attached hydrogens (tertiary/aromatic N) is 2. The van der Waals surface area contributed by atoms with E-state index in [2.05, 4.69) is 5.16 Å². The number of aromatic nitrogens is 1. The SMILES string of the molecule is Cc1cc(OCC(=O)N2CCCCC2CCC(=O)O)no1. The lowest BCUT2D eigenvalue weighted by atomic mass is 9.98. The van der Waals surface area contributed by atoms with Crippen LogP contribution < -0.4 is 4.74 Å². The van der Waals surface area contributed by atoms with E-state index in [-0.39, 0.29) is 25.0 Å². The topological polar surface area (TPSA) is 92.9 Å². The second kappa shape index (κ2) is 7.10. The van der Waals surface area contributed by atoms with Gasteiger partial charge in [0, 0.05) is 25.1 Å². The Kier molecular flexibility index (Phi) is 5.19. The number of carbonyl (C=O) groups is 2. The number of piperidine rings is 1. The number of carboxylic acids is 1. The number of carbonyl (C=O) groups excluding carboxylic acids is 1. The Labute approximate surface area is 122 Å². The summed E-state index contributed by atoms with van der Waals surface area (Å²) in [6.45, 7) is 2.30. The second-order valence-electron chi connectivity index (χ2n) is 5.23. The number of rotatable bonds is 6. The first-order valence-corrected chi connectivity index (χ1v) is 7.13. The zero-order valence-electron chi connectivity index (χ0n) is 12.1. The van der Waals surface area contributed by atoms with Crippen LogP contribution in [0.5, 0.6) is 5.88 Å². The van der Waals surface area contributed by atoms with Crippen LogP contribution in [0.25, 0.3) is 0 Å². The standard InChI is InChI=1S/C14H20N2O5/c1-10-8-12(15-21-10)20-9-13(17)16-7-3-2-4-11(16)5-6-14(18)19/h8,11H,2-7,9H2,1H3,(H,18,19). The highest BCUT2D eigenvalue weighted by molar-refractivity contribution is 5.78. The molecule has 2 heterocycles. The molecule has 0 spiro atoms. The van der Waals surface area contributed by atoms with Crippen molar-refractivity contribution in [1.29, 1.82) is 0 Å². The lowest BCUT2D eigenvalue weighted by Crippen LogP contribution is -2.46. The molecule has 21 heavy (non-hydrogen) atoms. The van der Waals surface area contributed by atoms with E-state index in [0.717, 1.165) is 19.3 Å². The predicted molar refractivity (Wildman–Crippen MR) is 73.0 cm³/mol. The van der Waals surface area contributed by atoms with E-state index in [0.29, 0.717) is 24.6 Å². The molecule has 1 saturated heterocycles. The van der Waals surface area contributed by atoms with Crippen molar-refractivity contribution >= 4 is 11.9 Å². The summed E-state index contributed by atoms with van der Waals surface area (Å²) >= 11 is 0. The molecule has 1 aromatic heterocycles. The summed E-state index contributed by atoms with van der Waals surface area (Å²) in [7, 11) is 0. The van der Waals surface area contributed by atoms with Crippen molar-refractivity contribution in [3.05, 3.63) is 11.8 Å². The Bertz CT molecular complexity index is 499. The van der Waals surface area contributed by atoms with Crippen LogP contribution in [0.3, 0.4) is 0 Å². The predicted octanol–water partition coefficient (Wildman–Crippen LogP) is 1.61. The van der Waals surface area contributed by atoms with E-state index in [1.807, 2.05) is 0 Å². The zero-order valence-corrected chi connectivity index (χ0v) is 12.1. The quantitative estimate of drug-likeness (QED) is 0.857. The largest absolute Gasteiger partial charge is 0.481 e. The molecule has 7 heteroatoms. The minimum absolute atomic E-state index is 0.00926. The van der Waals surface area contributed by atoms with Gasteiger partial charge in [-0.1, -0.05) is 0 Å². The van der Waals surface area contributed by atoms with Gasteiger partial charge in [0.05, 0.1) is 0 Å². The fraction of sp³-hybridized carbons (Fsp3) is 0.643. The number of hydrogen-bond acceptors (Lipinski definition) is 5. The molecule has 2 rings (SSSR count). The number of aryl methyl sites for hydroxylation is 1. The summed E-state index contributed by atoms with van der Waals surface area (Å²) < 4.78 is 10.2. The van der Waals surface area contributed by atoms with E-state index in [1.165, 1.54) is 0 Å². The molecule has 1 N–H and O–H groups in total. The first-order valence-electron chi connectivity index (χ1n) is 7.13. The minimum Gasteiger partial charge on any atom is -0.481 e. The maximum absolute atomic E-state index is 12.2. The summed E-state index contributed by atoms with van der Waals surface area (Å²) in [6.07, 6.45) is 3.39. The third kappa shape index (κ3) is 4.47. The average Bonchev–Trinajstić information content (AvgIpc) is 2.88. The summed E-state index contributed by atoms with van der Waals surface area (Å²) in [4.78, 5) is 24.6. The van der Waals surface area contributed by atoms with E-state index in [9.17, 15) is 9.59 Å². The van der Waals surface area contributed by atoms with Crippen molar-refractivity contribution in [2.24, 2.45) is 0 Å². The van der Waals surface area contributed by atoms with Crippen LogP contribution in [0, 0.1) is 6.92 Å². The van der Waals surface area contributed by atoms with Crippen molar-refractivity contribution < 1.29 is 24.0 Å².